The maximum atomic E-state index is 12.5. The Hall–Kier alpha value is -2.33. The standard InChI is InChI=1S/C20H23N3O/c24-20-18(11-10-14-5-1-2-9-17(14)23-20)22-13-16-7-3-6-15-8-4-12-21-19(15)16/h1-3,5-7,9,18,21-22H,4,8,10-13H2,(H,23,24). The van der Waals surface area contributed by atoms with E-state index in [0.29, 0.717) is 6.54 Å². The zero-order valence-corrected chi connectivity index (χ0v) is 13.8. The maximum Gasteiger partial charge on any atom is 0.241 e. The third kappa shape index (κ3) is 3.02. The summed E-state index contributed by atoms with van der Waals surface area (Å²) in [4.78, 5) is 12.5. The Balaban J connectivity index is 1.46. The highest BCUT2D eigenvalue weighted by atomic mass is 16.2. The second-order valence-corrected chi connectivity index (χ2v) is 6.60. The van der Waals surface area contributed by atoms with E-state index in [2.05, 4.69) is 40.2 Å². The molecule has 0 radical (unpaired) electrons. The van der Waals surface area contributed by atoms with Crippen LogP contribution >= 0.6 is 0 Å². The van der Waals surface area contributed by atoms with E-state index in [1.165, 1.54) is 28.8 Å². The lowest BCUT2D eigenvalue weighted by molar-refractivity contribution is -0.118. The van der Waals surface area contributed by atoms with Crippen LogP contribution in [0.2, 0.25) is 0 Å². The van der Waals surface area contributed by atoms with Gasteiger partial charge in [0.15, 0.2) is 0 Å². The summed E-state index contributed by atoms with van der Waals surface area (Å²) in [7, 11) is 0. The molecule has 0 aliphatic carbocycles. The molecule has 0 aromatic heterocycles. The molecule has 2 aliphatic heterocycles. The fourth-order valence-electron chi connectivity index (χ4n) is 3.67. The molecule has 0 fully saturated rings. The average Bonchev–Trinajstić information content (AvgIpc) is 2.78. The Morgan fingerprint density at radius 3 is 2.88 bits per heavy atom. The van der Waals surface area contributed by atoms with Crippen molar-refractivity contribution >= 4 is 17.3 Å². The number of hydrogen-bond donors (Lipinski definition) is 3. The monoisotopic (exact) mass is 321 g/mol. The van der Waals surface area contributed by atoms with Crippen LogP contribution in [0.1, 0.15) is 29.5 Å². The van der Waals surface area contributed by atoms with Crippen LogP contribution in [0.25, 0.3) is 0 Å². The minimum absolute atomic E-state index is 0.0673. The number of anilines is 2. The summed E-state index contributed by atoms with van der Waals surface area (Å²) in [5, 5.41) is 10.0. The Morgan fingerprint density at radius 1 is 1.04 bits per heavy atom. The lowest BCUT2D eigenvalue weighted by Gasteiger charge is -2.22. The second kappa shape index (κ2) is 6.65. The Morgan fingerprint density at radius 2 is 1.92 bits per heavy atom. The molecular weight excluding hydrogens is 298 g/mol. The largest absolute Gasteiger partial charge is 0.385 e. The molecule has 0 saturated heterocycles. The molecule has 0 saturated carbocycles. The fourth-order valence-corrected chi connectivity index (χ4v) is 3.67. The van der Waals surface area contributed by atoms with E-state index in [0.717, 1.165) is 31.5 Å². The van der Waals surface area contributed by atoms with Crippen LogP contribution in [0.3, 0.4) is 0 Å². The Kier molecular flexibility index (Phi) is 4.22. The number of amides is 1. The number of fused-ring (bicyclic) bond motifs is 2. The SMILES string of the molecule is O=C1Nc2ccccc2CCC1NCc1cccc2c1NCCC2. The predicted molar refractivity (Wildman–Crippen MR) is 97.3 cm³/mol. The summed E-state index contributed by atoms with van der Waals surface area (Å²) in [5.41, 5.74) is 6.06. The van der Waals surface area contributed by atoms with Crippen molar-refractivity contribution in [3.8, 4) is 0 Å². The number of para-hydroxylation sites is 2. The predicted octanol–water partition coefficient (Wildman–Crippen LogP) is 3.09. The van der Waals surface area contributed by atoms with E-state index in [-0.39, 0.29) is 11.9 Å². The van der Waals surface area contributed by atoms with E-state index in [4.69, 9.17) is 0 Å². The molecule has 0 bridgehead atoms. The summed E-state index contributed by atoms with van der Waals surface area (Å²) in [6, 6.07) is 14.4. The molecule has 3 N–H and O–H groups in total. The first-order chi connectivity index (χ1) is 11.8. The van der Waals surface area contributed by atoms with Crippen molar-refractivity contribution in [2.45, 2.75) is 38.3 Å². The molecule has 2 aromatic carbocycles. The lowest BCUT2D eigenvalue weighted by Crippen LogP contribution is -2.39. The second-order valence-electron chi connectivity index (χ2n) is 6.60. The number of aryl methyl sites for hydroxylation is 2. The third-order valence-electron chi connectivity index (χ3n) is 4.99. The highest BCUT2D eigenvalue weighted by Crippen LogP contribution is 2.26. The molecule has 4 heteroatoms. The first-order valence-electron chi connectivity index (χ1n) is 8.78. The Labute approximate surface area is 142 Å². The minimum atomic E-state index is -0.156. The average molecular weight is 321 g/mol. The van der Waals surface area contributed by atoms with Crippen LogP contribution in [0.4, 0.5) is 11.4 Å². The van der Waals surface area contributed by atoms with Crippen molar-refractivity contribution in [2.75, 3.05) is 17.2 Å². The maximum absolute atomic E-state index is 12.5. The van der Waals surface area contributed by atoms with Gasteiger partial charge in [0, 0.05) is 24.5 Å². The lowest BCUT2D eigenvalue weighted by atomic mass is 9.99. The molecule has 1 amide bonds. The van der Waals surface area contributed by atoms with Crippen LogP contribution in [0.15, 0.2) is 42.5 Å². The summed E-state index contributed by atoms with van der Waals surface area (Å²) in [6.07, 6.45) is 4.06. The number of carbonyl (C=O) groups excluding carboxylic acids is 1. The van der Waals surface area contributed by atoms with Gasteiger partial charge in [0.1, 0.15) is 0 Å². The van der Waals surface area contributed by atoms with E-state index < -0.39 is 0 Å². The van der Waals surface area contributed by atoms with Crippen LogP contribution < -0.4 is 16.0 Å². The first-order valence-corrected chi connectivity index (χ1v) is 8.78. The third-order valence-corrected chi connectivity index (χ3v) is 4.99. The van der Waals surface area contributed by atoms with Crippen LogP contribution in [0.5, 0.6) is 0 Å². The van der Waals surface area contributed by atoms with E-state index >= 15 is 0 Å². The van der Waals surface area contributed by atoms with E-state index in [9.17, 15) is 4.79 Å². The highest BCUT2D eigenvalue weighted by molar-refractivity contribution is 5.96. The van der Waals surface area contributed by atoms with Crippen molar-refractivity contribution in [1.29, 1.82) is 0 Å². The fraction of sp³-hybridized carbons (Fsp3) is 0.350. The molecule has 1 atom stereocenters. The van der Waals surface area contributed by atoms with Crippen molar-refractivity contribution in [1.82, 2.24) is 5.32 Å². The van der Waals surface area contributed by atoms with Crippen molar-refractivity contribution < 1.29 is 4.79 Å². The summed E-state index contributed by atoms with van der Waals surface area (Å²) >= 11 is 0. The summed E-state index contributed by atoms with van der Waals surface area (Å²) in [5.74, 6) is 0.0673. The van der Waals surface area contributed by atoms with Gasteiger partial charge in [-0.25, -0.2) is 0 Å². The molecule has 4 nitrogen and oxygen atoms in total. The molecule has 2 aliphatic rings. The van der Waals surface area contributed by atoms with Crippen molar-refractivity contribution in [3.63, 3.8) is 0 Å². The van der Waals surface area contributed by atoms with Gasteiger partial charge < -0.3 is 16.0 Å². The molecular formula is C20H23N3O. The minimum Gasteiger partial charge on any atom is -0.385 e. The van der Waals surface area contributed by atoms with Gasteiger partial charge in [-0.3, -0.25) is 4.79 Å². The van der Waals surface area contributed by atoms with Crippen LogP contribution in [-0.4, -0.2) is 18.5 Å². The van der Waals surface area contributed by atoms with Gasteiger partial charge in [-0.15, -0.1) is 0 Å². The van der Waals surface area contributed by atoms with Gasteiger partial charge in [0.2, 0.25) is 5.91 Å². The first kappa shape index (κ1) is 15.2. The quantitative estimate of drug-likeness (QED) is 0.814. The zero-order chi connectivity index (χ0) is 16.4. The number of rotatable bonds is 3. The molecule has 0 spiro atoms. The topological polar surface area (TPSA) is 53.2 Å². The Bertz CT molecular complexity index is 756. The van der Waals surface area contributed by atoms with Crippen LogP contribution in [0, 0.1) is 0 Å². The summed E-state index contributed by atoms with van der Waals surface area (Å²) < 4.78 is 0. The summed E-state index contributed by atoms with van der Waals surface area (Å²) in [6.45, 7) is 1.74. The van der Waals surface area contributed by atoms with E-state index in [1.54, 1.807) is 0 Å². The zero-order valence-electron chi connectivity index (χ0n) is 13.8. The molecule has 124 valence electrons. The molecule has 2 aromatic rings. The van der Waals surface area contributed by atoms with Crippen LogP contribution in [-0.2, 0) is 24.2 Å². The molecule has 2 heterocycles. The van der Waals surface area contributed by atoms with Gasteiger partial charge in [0.25, 0.3) is 0 Å². The van der Waals surface area contributed by atoms with Gasteiger partial charge >= 0.3 is 0 Å². The van der Waals surface area contributed by atoms with Gasteiger partial charge in [0.05, 0.1) is 6.04 Å². The molecule has 1 unspecified atom stereocenters. The van der Waals surface area contributed by atoms with E-state index in [1.807, 2.05) is 18.2 Å². The highest BCUT2D eigenvalue weighted by Gasteiger charge is 2.23. The normalized spacial score (nSPS) is 19.5. The molecule has 24 heavy (non-hydrogen) atoms. The van der Waals surface area contributed by atoms with Crippen molar-refractivity contribution in [3.05, 3.63) is 59.2 Å². The number of nitrogens with one attached hydrogen (secondary N) is 3. The smallest absolute Gasteiger partial charge is 0.241 e. The number of benzene rings is 2. The number of hydrogen-bond acceptors (Lipinski definition) is 3. The van der Waals surface area contributed by atoms with Gasteiger partial charge in [-0.1, -0.05) is 36.4 Å². The van der Waals surface area contributed by atoms with Gasteiger partial charge in [-0.05, 0) is 48.4 Å². The van der Waals surface area contributed by atoms with Gasteiger partial charge in [-0.2, -0.15) is 0 Å². The number of carbonyl (C=O) groups is 1. The molecule has 4 rings (SSSR count). The van der Waals surface area contributed by atoms with Crippen molar-refractivity contribution in [2.24, 2.45) is 0 Å².